The highest BCUT2D eigenvalue weighted by molar-refractivity contribution is 6.30. The summed E-state index contributed by atoms with van der Waals surface area (Å²) in [4.78, 5) is 30.3. The van der Waals surface area contributed by atoms with Gasteiger partial charge < -0.3 is 19.1 Å². The van der Waals surface area contributed by atoms with Crippen molar-refractivity contribution in [2.45, 2.75) is 58.3 Å². The van der Waals surface area contributed by atoms with Crippen LogP contribution in [0.3, 0.4) is 0 Å². The Morgan fingerprint density at radius 3 is 2.59 bits per heavy atom. The van der Waals surface area contributed by atoms with Gasteiger partial charge in [0.05, 0.1) is 12.3 Å². The lowest BCUT2D eigenvalue weighted by molar-refractivity contribution is -0.136. The molecule has 0 saturated carbocycles. The lowest BCUT2D eigenvalue weighted by atomic mass is 9.77. The van der Waals surface area contributed by atoms with Crippen molar-refractivity contribution in [3.63, 3.8) is 0 Å². The molecule has 1 unspecified atom stereocenters. The Balaban J connectivity index is 1.52. The average molecular weight is 488 g/mol. The Hall–Kier alpha value is -2.54. The van der Waals surface area contributed by atoms with Gasteiger partial charge >= 0.3 is 0 Å². The number of aromatic nitrogens is 1. The number of nitrogens with zero attached hydrogens (tertiary/aromatic N) is 3. The molecule has 0 bridgehead atoms. The first kappa shape index (κ1) is 24.6. The molecule has 2 aromatic rings. The van der Waals surface area contributed by atoms with Gasteiger partial charge in [0, 0.05) is 49.1 Å². The molecule has 4 rings (SSSR count). The molecule has 3 heterocycles. The van der Waals surface area contributed by atoms with E-state index in [1.807, 2.05) is 30.9 Å². The minimum Gasteiger partial charge on any atom is -0.493 e. The van der Waals surface area contributed by atoms with Gasteiger partial charge in [0.25, 0.3) is 5.91 Å². The van der Waals surface area contributed by atoms with E-state index in [1.54, 1.807) is 23.1 Å². The fourth-order valence-electron chi connectivity index (χ4n) is 4.88. The van der Waals surface area contributed by atoms with E-state index in [0.29, 0.717) is 36.9 Å². The molecule has 8 heteroatoms. The highest BCUT2D eigenvalue weighted by atomic mass is 35.5. The molecule has 2 fully saturated rings. The second-order valence-electron chi connectivity index (χ2n) is 9.97. The first-order valence-electron chi connectivity index (χ1n) is 12.3. The molecule has 0 N–H and O–H groups in total. The number of rotatable bonds is 7. The predicted octanol–water partition coefficient (Wildman–Crippen LogP) is 5.16. The maximum Gasteiger partial charge on any atom is 0.292 e. The van der Waals surface area contributed by atoms with Gasteiger partial charge in [0.1, 0.15) is 5.75 Å². The number of hydrogen-bond acceptors (Lipinski definition) is 5. The van der Waals surface area contributed by atoms with Crippen LogP contribution in [0.1, 0.15) is 74.5 Å². The number of carbonyl (C=O) groups excluding carboxylic acids is 2. The van der Waals surface area contributed by atoms with Crippen LogP contribution in [0.15, 0.2) is 34.9 Å². The van der Waals surface area contributed by atoms with Crippen LogP contribution in [0, 0.1) is 5.41 Å². The summed E-state index contributed by atoms with van der Waals surface area (Å²) in [5.41, 5.74) is 0.280. The maximum absolute atomic E-state index is 13.3. The molecule has 0 radical (unpaired) electrons. The van der Waals surface area contributed by atoms with Crippen molar-refractivity contribution >= 4 is 23.4 Å². The summed E-state index contributed by atoms with van der Waals surface area (Å²) in [5, 5.41) is 4.64. The molecule has 7 nitrogen and oxygen atoms in total. The highest BCUT2D eigenvalue weighted by Gasteiger charge is 2.41. The Morgan fingerprint density at radius 2 is 1.88 bits per heavy atom. The van der Waals surface area contributed by atoms with Crippen LogP contribution < -0.4 is 4.74 Å². The molecule has 1 aromatic carbocycles. The number of ether oxygens (including phenoxy) is 1. The van der Waals surface area contributed by atoms with Gasteiger partial charge in [-0.3, -0.25) is 9.59 Å². The third-order valence-electron chi connectivity index (χ3n) is 6.86. The molecular formula is C26H34ClN3O4. The summed E-state index contributed by atoms with van der Waals surface area (Å²) in [6.07, 6.45) is 5.22. The number of piperidine rings is 2. The van der Waals surface area contributed by atoms with Gasteiger partial charge in [-0.05, 0) is 56.2 Å². The van der Waals surface area contributed by atoms with E-state index in [1.165, 1.54) is 6.42 Å². The van der Waals surface area contributed by atoms with Gasteiger partial charge in [-0.1, -0.05) is 36.7 Å². The zero-order valence-electron chi connectivity index (χ0n) is 20.1. The first-order valence-corrected chi connectivity index (χ1v) is 12.7. The van der Waals surface area contributed by atoms with Crippen LogP contribution in [0.25, 0.3) is 0 Å². The van der Waals surface area contributed by atoms with Gasteiger partial charge in [0.2, 0.25) is 11.7 Å². The lowest BCUT2D eigenvalue weighted by Gasteiger charge is -2.43. The van der Waals surface area contributed by atoms with E-state index in [0.717, 1.165) is 44.5 Å². The SMILES string of the molecule is CC(C)c1cc(C(=O)N2CCCC(COc3cccc(Cl)c3)(CC(=O)N3CCCCC3)C2)on1. The minimum absolute atomic E-state index is 0.144. The van der Waals surface area contributed by atoms with E-state index in [4.69, 9.17) is 20.9 Å². The monoisotopic (exact) mass is 487 g/mol. The van der Waals surface area contributed by atoms with Crippen molar-refractivity contribution in [1.82, 2.24) is 15.0 Å². The number of benzene rings is 1. The summed E-state index contributed by atoms with van der Waals surface area (Å²) >= 11 is 6.13. The fraction of sp³-hybridized carbons (Fsp3) is 0.577. The van der Waals surface area contributed by atoms with Gasteiger partial charge in [-0.15, -0.1) is 0 Å². The molecule has 0 spiro atoms. The van der Waals surface area contributed by atoms with E-state index >= 15 is 0 Å². The van der Waals surface area contributed by atoms with Gasteiger partial charge in [0.15, 0.2) is 0 Å². The zero-order chi connectivity index (χ0) is 24.1. The number of amides is 2. The molecule has 1 aromatic heterocycles. The van der Waals surface area contributed by atoms with Crippen molar-refractivity contribution in [3.8, 4) is 5.75 Å². The molecular weight excluding hydrogens is 454 g/mol. The third kappa shape index (κ3) is 5.93. The normalized spacial score (nSPS) is 21.1. The number of hydrogen-bond donors (Lipinski definition) is 0. The Bertz CT molecular complexity index is 1000. The maximum atomic E-state index is 13.3. The van der Waals surface area contributed by atoms with Crippen molar-refractivity contribution in [1.29, 1.82) is 0 Å². The lowest BCUT2D eigenvalue weighted by Crippen LogP contribution is -2.51. The van der Waals surface area contributed by atoms with E-state index in [2.05, 4.69) is 5.16 Å². The predicted molar refractivity (Wildman–Crippen MR) is 130 cm³/mol. The molecule has 0 aliphatic carbocycles. The molecule has 2 aliphatic heterocycles. The molecule has 2 amide bonds. The standard InChI is InChI=1S/C26H34ClN3O4/c1-19(2)22-15-23(34-28-22)25(32)30-13-7-10-26(17-30,16-24(31)29-11-4-3-5-12-29)18-33-21-9-6-8-20(27)14-21/h6,8-9,14-15,19H,3-5,7,10-13,16-18H2,1-2H3. The quantitative estimate of drug-likeness (QED) is 0.539. The Kier molecular flexibility index (Phi) is 7.81. The van der Waals surface area contributed by atoms with Crippen LogP contribution in [0.2, 0.25) is 5.02 Å². The molecule has 2 aliphatic rings. The number of carbonyl (C=O) groups is 2. The largest absolute Gasteiger partial charge is 0.493 e. The van der Waals surface area contributed by atoms with E-state index in [-0.39, 0.29) is 23.5 Å². The minimum atomic E-state index is -0.480. The summed E-state index contributed by atoms with van der Waals surface area (Å²) in [5.74, 6) is 1.05. The van der Waals surface area contributed by atoms with E-state index in [9.17, 15) is 9.59 Å². The Labute approximate surface area is 206 Å². The van der Waals surface area contributed by atoms with Crippen molar-refractivity contribution in [3.05, 3.63) is 46.8 Å². The topological polar surface area (TPSA) is 75.9 Å². The molecule has 34 heavy (non-hydrogen) atoms. The summed E-state index contributed by atoms with van der Waals surface area (Å²) in [6.45, 7) is 7.03. The fourth-order valence-corrected chi connectivity index (χ4v) is 5.06. The van der Waals surface area contributed by atoms with Crippen LogP contribution >= 0.6 is 11.6 Å². The second kappa shape index (κ2) is 10.8. The molecule has 2 saturated heterocycles. The second-order valence-corrected chi connectivity index (χ2v) is 10.4. The van der Waals surface area contributed by atoms with Gasteiger partial charge in [-0.25, -0.2) is 0 Å². The molecule has 1 atom stereocenters. The van der Waals surface area contributed by atoms with Crippen LogP contribution in [-0.4, -0.2) is 59.6 Å². The van der Waals surface area contributed by atoms with E-state index < -0.39 is 5.41 Å². The van der Waals surface area contributed by atoms with Crippen molar-refractivity contribution in [2.24, 2.45) is 5.41 Å². The molecule has 184 valence electrons. The highest BCUT2D eigenvalue weighted by Crippen LogP contribution is 2.36. The van der Waals surface area contributed by atoms with Crippen LogP contribution in [0.5, 0.6) is 5.75 Å². The summed E-state index contributed by atoms with van der Waals surface area (Å²) < 4.78 is 11.5. The van der Waals surface area contributed by atoms with Crippen LogP contribution in [-0.2, 0) is 4.79 Å². The van der Waals surface area contributed by atoms with Crippen molar-refractivity contribution < 1.29 is 18.8 Å². The summed E-state index contributed by atoms with van der Waals surface area (Å²) in [7, 11) is 0. The number of halogens is 1. The Morgan fingerprint density at radius 1 is 1.12 bits per heavy atom. The third-order valence-corrected chi connectivity index (χ3v) is 7.09. The summed E-state index contributed by atoms with van der Waals surface area (Å²) in [6, 6.07) is 9.00. The van der Waals surface area contributed by atoms with Gasteiger partial charge in [-0.2, -0.15) is 0 Å². The zero-order valence-corrected chi connectivity index (χ0v) is 20.9. The number of likely N-dealkylation sites (tertiary alicyclic amines) is 2. The van der Waals surface area contributed by atoms with Crippen molar-refractivity contribution in [2.75, 3.05) is 32.8 Å². The first-order chi connectivity index (χ1) is 16.3. The average Bonchev–Trinajstić information content (AvgIpc) is 3.34. The van der Waals surface area contributed by atoms with Crippen LogP contribution in [0.4, 0.5) is 0 Å². The smallest absolute Gasteiger partial charge is 0.292 e.